The maximum atomic E-state index is 11.6. The summed E-state index contributed by atoms with van der Waals surface area (Å²) in [6.07, 6.45) is 0.699. The van der Waals surface area contributed by atoms with Gasteiger partial charge in [0, 0.05) is 25.9 Å². The van der Waals surface area contributed by atoms with Gasteiger partial charge in [-0.1, -0.05) is 0 Å². The first-order valence-electron chi connectivity index (χ1n) is 5.95. The summed E-state index contributed by atoms with van der Waals surface area (Å²) in [4.78, 5) is 24.5. The SMILES string of the molecule is CN(C)CCOCCNC(=O)C1=NNC(=O)CC1. The normalized spacial score (nSPS) is 15.3. The molecule has 0 fully saturated rings. The van der Waals surface area contributed by atoms with E-state index < -0.39 is 0 Å². The second-order valence-electron chi connectivity index (χ2n) is 4.27. The average molecular weight is 256 g/mol. The standard InChI is InChI=1S/C11H20N4O3/c1-15(2)6-8-18-7-5-12-11(17)9-3-4-10(16)14-13-9/h3-8H2,1-2H3,(H,12,17)(H,14,16). The van der Waals surface area contributed by atoms with Gasteiger partial charge in [-0.3, -0.25) is 9.59 Å². The topological polar surface area (TPSA) is 83.0 Å². The number of hydrogen-bond acceptors (Lipinski definition) is 5. The van der Waals surface area contributed by atoms with Gasteiger partial charge < -0.3 is 15.0 Å². The third-order valence-electron chi connectivity index (χ3n) is 2.38. The van der Waals surface area contributed by atoms with Crippen LogP contribution < -0.4 is 10.7 Å². The molecule has 0 atom stereocenters. The molecule has 0 aromatic heterocycles. The lowest BCUT2D eigenvalue weighted by Gasteiger charge is -2.12. The minimum absolute atomic E-state index is 0.154. The minimum Gasteiger partial charge on any atom is -0.378 e. The summed E-state index contributed by atoms with van der Waals surface area (Å²) in [5.41, 5.74) is 2.65. The molecule has 0 saturated heterocycles. The lowest BCUT2D eigenvalue weighted by atomic mass is 10.1. The van der Waals surface area contributed by atoms with Gasteiger partial charge in [0.15, 0.2) is 0 Å². The van der Waals surface area contributed by atoms with E-state index in [2.05, 4.69) is 15.8 Å². The van der Waals surface area contributed by atoms with Crippen molar-refractivity contribution in [2.75, 3.05) is 40.4 Å². The Labute approximate surface area is 107 Å². The van der Waals surface area contributed by atoms with E-state index in [1.807, 2.05) is 19.0 Å². The van der Waals surface area contributed by atoms with Crippen LogP contribution >= 0.6 is 0 Å². The van der Waals surface area contributed by atoms with Crippen LogP contribution in [0.4, 0.5) is 0 Å². The van der Waals surface area contributed by atoms with E-state index in [-0.39, 0.29) is 11.8 Å². The van der Waals surface area contributed by atoms with Gasteiger partial charge in [0.2, 0.25) is 5.91 Å². The van der Waals surface area contributed by atoms with Gasteiger partial charge in [-0.2, -0.15) is 5.10 Å². The van der Waals surface area contributed by atoms with Gasteiger partial charge >= 0.3 is 0 Å². The van der Waals surface area contributed by atoms with Crippen molar-refractivity contribution in [2.24, 2.45) is 5.10 Å². The molecule has 2 N–H and O–H groups in total. The Balaban J connectivity index is 2.08. The van der Waals surface area contributed by atoms with Gasteiger partial charge in [-0.25, -0.2) is 5.43 Å². The van der Waals surface area contributed by atoms with E-state index in [1.165, 1.54) is 0 Å². The molecule has 7 heteroatoms. The molecule has 7 nitrogen and oxygen atoms in total. The number of carbonyl (C=O) groups excluding carboxylic acids is 2. The first-order valence-corrected chi connectivity index (χ1v) is 5.95. The highest BCUT2D eigenvalue weighted by atomic mass is 16.5. The summed E-state index contributed by atoms with van der Waals surface area (Å²) in [6.45, 7) is 2.41. The van der Waals surface area contributed by atoms with Crippen LogP contribution in [0.15, 0.2) is 5.10 Å². The summed E-state index contributed by atoms with van der Waals surface area (Å²) in [5.74, 6) is -0.398. The predicted molar refractivity (Wildman–Crippen MR) is 67.2 cm³/mol. The summed E-state index contributed by atoms with van der Waals surface area (Å²) in [5, 5.41) is 6.40. The molecule has 0 aromatic rings. The van der Waals surface area contributed by atoms with Crippen LogP contribution in [0.25, 0.3) is 0 Å². The third kappa shape index (κ3) is 5.74. The molecule has 0 bridgehead atoms. The van der Waals surface area contributed by atoms with Crippen molar-refractivity contribution in [3.63, 3.8) is 0 Å². The number of carbonyl (C=O) groups is 2. The number of hydrazone groups is 1. The summed E-state index contributed by atoms with van der Waals surface area (Å²) >= 11 is 0. The molecule has 1 aliphatic rings. The maximum Gasteiger partial charge on any atom is 0.267 e. The van der Waals surface area contributed by atoms with Crippen molar-refractivity contribution in [3.05, 3.63) is 0 Å². The molecule has 0 aliphatic carbocycles. The fourth-order valence-electron chi connectivity index (χ4n) is 1.33. The van der Waals surface area contributed by atoms with Gasteiger partial charge in [0.25, 0.3) is 5.91 Å². The van der Waals surface area contributed by atoms with Crippen LogP contribution in [0.3, 0.4) is 0 Å². The number of nitrogens with zero attached hydrogens (tertiary/aromatic N) is 2. The summed E-state index contributed by atoms with van der Waals surface area (Å²) in [6, 6.07) is 0. The quantitative estimate of drug-likeness (QED) is 0.569. The van der Waals surface area contributed by atoms with Crippen LogP contribution in [-0.4, -0.2) is 62.8 Å². The Kier molecular flexibility index (Phi) is 6.31. The van der Waals surface area contributed by atoms with Gasteiger partial charge in [-0.05, 0) is 14.1 Å². The smallest absolute Gasteiger partial charge is 0.267 e. The van der Waals surface area contributed by atoms with Crippen LogP contribution in [0.1, 0.15) is 12.8 Å². The van der Waals surface area contributed by atoms with E-state index in [4.69, 9.17) is 4.74 Å². The lowest BCUT2D eigenvalue weighted by Crippen LogP contribution is -2.38. The number of hydrogen-bond donors (Lipinski definition) is 2. The van der Waals surface area contributed by atoms with E-state index in [1.54, 1.807) is 0 Å². The Morgan fingerprint density at radius 3 is 2.83 bits per heavy atom. The van der Waals surface area contributed by atoms with Gasteiger partial charge in [0.1, 0.15) is 5.71 Å². The number of ether oxygens (including phenoxy) is 1. The van der Waals surface area contributed by atoms with Gasteiger partial charge in [-0.15, -0.1) is 0 Å². The zero-order valence-electron chi connectivity index (χ0n) is 10.9. The molecule has 102 valence electrons. The number of likely N-dealkylation sites (N-methyl/N-ethyl adjacent to an activating group) is 1. The van der Waals surface area contributed by atoms with E-state index in [0.717, 1.165) is 6.54 Å². The molecular formula is C11H20N4O3. The van der Waals surface area contributed by atoms with Crippen molar-refractivity contribution in [1.29, 1.82) is 0 Å². The average Bonchev–Trinajstić information content (AvgIpc) is 2.34. The highest BCUT2D eigenvalue weighted by Crippen LogP contribution is 1.99. The summed E-state index contributed by atoms with van der Waals surface area (Å²) in [7, 11) is 3.95. The summed E-state index contributed by atoms with van der Waals surface area (Å²) < 4.78 is 5.33. The fraction of sp³-hybridized carbons (Fsp3) is 0.727. The van der Waals surface area contributed by atoms with Crippen LogP contribution in [0, 0.1) is 0 Å². The van der Waals surface area contributed by atoms with Crippen molar-refractivity contribution >= 4 is 17.5 Å². The molecule has 1 aliphatic heterocycles. The molecule has 0 radical (unpaired) electrons. The molecule has 0 unspecified atom stereocenters. The molecule has 0 spiro atoms. The van der Waals surface area contributed by atoms with Crippen LogP contribution in [0.2, 0.25) is 0 Å². The fourth-order valence-corrected chi connectivity index (χ4v) is 1.33. The van der Waals surface area contributed by atoms with E-state index >= 15 is 0 Å². The Morgan fingerprint density at radius 2 is 2.22 bits per heavy atom. The molecule has 1 heterocycles. The van der Waals surface area contributed by atoms with Crippen LogP contribution in [0.5, 0.6) is 0 Å². The molecule has 1 rings (SSSR count). The first kappa shape index (κ1) is 14.6. The number of nitrogens with one attached hydrogen (secondary N) is 2. The molecule has 0 aromatic carbocycles. The molecule has 18 heavy (non-hydrogen) atoms. The highest BCUT2D eigenvalue weighted by molar-refractivity contribution is 6.39. The van der Waals surface area contributed by atoms with Crippen molar-refractivity contribution < 1.29 is 14.3 Å². The van der Waals surface area contributed by atoms with E-state index in [9.17, 15) is 9.59 Å². The zero-order chi connectivity index (χ0) is 13.4. The van der Waals surface area contributed by atoms with Crippen LogP contribution in [-0.2, 0) is 14.3 Å². The molecular weight excluding hydrogens is 236 g/mol. The van der Waals surface area contributed by atoms with Crippen molar-refractivity contribution in [1.82, 2.24) is 15.6 Å². The van der Waals surface area contributed by atoms with Crippen molar-refractivity contribution in [2.45, 2.75) is 12.8 Å². The van der Waals surface area contributed by atoms with Gasteiger partial charge in [0.05, 0.1) is 13.2 Å². The first-order chi connectivity index (χ1) is 8.59. The minimum atomic E-state index is -0.244. The third-order valence-corrected chi connectivity index (χ3v) is 2.38. The highest BCUT2D eigenvalue weighted by Gasteiger charge is 2.17. The molecule has 0 saturated carbocycles. The predicted octanol–water partition coefficient (Wildman–Crippen LogP) is -1.05. The Bertz CT molecular complexity index is 328. The maximum absolute atomic E-state index is 11.6. The second kappa shape index (κ2) is 7.78. The zero-order valence-corrected chi connectivity index (χ0v) is 10.9. The molecule has 2 amide bonds. The Morgan fingerprint density at radius 1 is 1.44 bits per heavy atom. The lowest BCUT2D eigenvalue weighted by molar-refractivity contribution is -0.121. The largest absolute Gasteiger partial charge is 0.378 e. The number of amides is 2. The van der Waals surface area contributed by atoms with Crippen molar-refractivity contribution in [3.8, 4) is 0 Å². The Hall–Kier alpha value is -1.47. The number of rotatable bonds is 7. The second-order valence-corrected chi connectivity index (χ2v) is 4.27. The monoisotopic (exact) mass is 256 g/mol. The van der Waals surface area contributed by atoms with E-state index in [0.29, 0.717) is 38.3 Å².